The summed E-state index contributed by atoms with van der Waals surface area (Å²) in [5, 5.41) is 3.19. The van der Waals surface area contributed by atoms with Crippen LogP contribution in [0.15, 0.2) is 29.2 Å². The van der Waals surface area contributed by atoms with Crippen LogP contribution in [0.5, 0.6) is 0 Å². The van der Waals surface area contributed by atoms with Gasteiger partial charge in [0.05, 0.1) is 10.6 Å². The summed E-state index contributed by atoms with van der Waals surface area (Å²) in [6.45, 7) is 1.91. The topological polar surface area (TPSA) is 49.4 Å². The molecule has 1 heterocycles. The Balaban J connectivity index is 2.33. The van der Waals surface area contributed by atoms with Gasteiger partial charge in [-0.25, -0.2) is 8.42 Å². The van der Waals surface area contributed by atoms with E-state index in [1.807, 2.05) is 19.2 Å². The highest BCUT2D eigenvalue weighted by molar-refractivity contribution is 7.90. The summed E-state index contributed by atoms with van der Waals surface area (Å²) in [4.78, 5) is 2.74. The van der Waals surface area contributed by atoms with E-state index in [0.717, 1.165) is 38.0 Å². The molecule has 1 aliphatic heterocycles. The van der Waals surface area contributed by atoms with Crippen LogP contribution in [0.2, 0.25) is 0 Å². The smallest absolute Gasteiger partial charge is 0.177 e. The first kappa shape index (κ1) is 15.3. The molecule has 0 saturated carbocycles. The Bertz CT molecular complexity index is 543. The van der Waals surface area contributed by atoms with Crippen molar-refractivity contribution in [1.29, 1.82) is 0 Å². The average Bonchev–Trinajstić information content (AvgIpc) is 2.44. The van der Waals surface area contributed by atoms with Crippen LogP contribution in [0.1, 0.15) is 25.7 Å². The predicted octanol–water partition coefficient (Wildman–Crippen LogP) is 2.06. The normalized spacial score (nSPS) is 20.1. The van der Waals surface area contributed by atoms with E-state index in [1.165, 1.54) is 12.7 Å². The van der Waals surface area contributed by atoms with Crippen molar-refractivity contribution in [3.63, 3.8) is 0 Å². The highest BCUT2D eigenvalue weighted by Gasteiger charge is 2.26. The minimum Gasteiger partial charge on any atom is -0.367 e. The number of benzene rings is 1. The third kappa shape index (κ3) is 3.52. The third-order valence-electron chi connectivity index (χ3n) is 3.93. The molecule has 0 aliphatic carbocycles. The standard InChI is InChI=1S/C15H24N2O2S/c1-16-11-10-13-7-5-6-12-17(13)14-8-3-4-9-15(14)20(2,18)19/h3-4,8-9,13,16H,5-7,10-12H2,1-2H3. The van der Waals surface area contributed by atoms with E-state index in [1.54, 1.807) is 12.1 Å². The van der Waals surface area contributed by atoms with Crippen LogP contribution in [0.25, 0.3) is 0 Å². The van der Waals surface area contributed by atoms with E-state index in [2.05, 4.69) is 10.2 Å². The second kappa shape index (κ2) is 6.59. The van der Waals surface area contributed by atoms with Gasteiger partial charge in [-0.15, -0.1) is 0 Å². The van der Waals surface area contributed by atoms with Crippen LogP contribution in [0, 0.1) is 0 Å². The molecule has 1 atom stereocenters. The number of hydrogen-bond donors (Lipinski definition) is 1. The van der Waals surface area contributed by atoms with E-state index < -0.39 is 9.84 Å². The van der Waals surface area contributed by atoms with Crippen molar-refractivity contribution in [2.75, 3.05) is 31.3 Å². The van der Waals surface area contributed by atoms with Gasteiger partial charge in [-0.3, -0.25) is 0 Å². The first-order chi connectivity index (χ1) is 9.54. The lowest BCUT2D eigenvalue weighted by Gasteiger charge is -2.38. The maximum absolute atomic E-state index is 12.0. The fraction of sp³-hybridized carbons (Fsp3) is 0.600. The second-order valence-corrected chi connectivity index (χ2v) is 7.46. The summed E-state index contributed by atoms with van der Waals surface area (Å²) in [6.07, 6.45) is 5.84. The number of anilines is 1. The zero-order chi connectivity index (χ0) is 14.6. The summed E-state index contributed by atoms with van der Waals surface area (Å²) in [5.41, 5.74) is 0.871. The SMILES string of the molecule is CNCCC1CCCCN1c1ccccc1S(C)(=O)=O. The number of rotatable bonds is 5. The second-order valence-electron chi connectivity index (χ2n) is 5.48. The molecule has 2 rings (SSSR count). The van der Waals surface area contributed by atoms with Gasteiger partial charge < -0.3 is 10.2 Å². The molecule has 20 heavy (non-hydrogen) atoms. The van der Waals surface area contributed by atoms with E-state index in [-0.39, 0.29) is 0 Å². The highest BCUT2D eigenvalue weighted by Crippen LogP contribution is 2.31. The van der Waals surface area contributed by atoms with Crippen LogP contribution in [0.3, 0.4) is 0 Å². The van der Waals surface area contributed by atoms with Crippen molar-refractivity contribution in [3.05, 3.63) is 24.3 Å². The molecule has 1 unspecified atom stereocenters. The molecule has 0 bridgehead atoms. The Morgan fingerprint density at radius 3 is 2.75 bits per heavy atom. The molecule has 4 nitrogen and oxygen atoms in total. The van der Waals surface area contributed by atoms with Crippen molar-refractivity contribution in [1.82, 2.24) is 5.32 Å². The molecule has 0 spiro atoms. The van der Waals surface area contributed by atoms with Gasteiger partial charge in [-0.1, -0.05) is 12.1 Å². The van der Waals surface area contributed by atoms with Gasteiger partial charge in [0.2, 0.25) is 0 Å². The molecule has 0 amide bonds. The van der Waals surface area contributed by atoms with Crippen LogP contribution in [-0.4, -0.2) is 40.9 Å². The van der Waals surface area contributed by atoms with Crippen LogP contribution in [0.4, 0.5) is 5.69 Å². The van der Waals surface area contributed by atoms with Gasteiger partial charge in [-0.2, -0.15) is 0 Å². The molecule has 0 aromatic heterocycles. The molecule has 0 radical (unpaired) electrons. The Morgan fingerprint density at radius 2 is 2.05 bits per heavy atom. The van der Waals surface area contributed by atoms with Gasteiger partial charge in [0.1, 0.15) is 0 Å². The van der Waals surface area contributed by atoms with Crippen molar-refractivity contribution < 1.29 is 8.42 Å². The lowest BCUT2D eigenvalue weighted by molar-refractivity contribution is 0.431. The van der Waals surface area contributed by atoms with Crippen LogP contribution in [-0.2, 0) is 9.84 Å². The highest BCUT2D eigenvalue weighted by atomic mass is 32.2. The quantitative estimate of drug-likeness (QED) is 0.903. The van der Waals surface area contributed by atoms with E-state index in [9.17, 15) is 8.42 Å². The lowest BCUT2D eigenvalue weighted by atomic mass is 9.98. The zero-order valence-electron chi connectivity index (χ0n) is 12.3. The minimum absolute atomic E-state index is 0.430. The zero-order valence-corrected chi connectivity index (χ0v) is 13.1. The number of piperidine rings is 1. The number of hydrogen-bond acceptors (Lipinski definition) is 4. The summed E-state index contributed by atoms with van der Waals surface area (Å²) >= 11 is 0. The molecule has 1 aliphatic rings. The third-order valence-corrected chi connectivity index (χ3v) is 5.07. The monoisotopic (exact) mass is 296 g/mol. The van der Waals surface area contributed by atoms with Gasteiger partial charge in [0.15, 0.2) is 9.84 Å². The number of sulfone groups is 1. The average molecular weight is 296 g/mol. The molecule has 112 valence electrons. The maximum Gasteiger partial charge on any atom is 0.177 e. The van der Waals surface area contributed by atoms with E-state index in [4.69, 9.17) is 0 Å². The van der Waals surface area contributed by atoms with Gasteiger partial charge in [0.25, 0.3) is 0 Å². The summed E-state index contributed by atoms with van der Waals surface area (Å²) in [6, 6.07) is 7.81. The van der Waals surface area contributed by atoms with Crippen LogP contribution >= 0.6 is 0 Å². The summed E-state index contributed by atoms with van der Waals surface area (Å²) < 4.78 is 24.0. The summed E-state index contributed by atoms with van der Waals surface area (Å²) in [7, 11) is -1.23. The first-order valence-corrected chi connectivity index (χ1v) is 9.13. The largest absolute Gasteiger partial charge is 0.367 e. The molecule has 1 aromatic rings. The summed E-state index contributed by atoms with van der Waals surface area (Å²) in [5.74, 6) is 0. The molecular formula is C15H24N2O2S. The van der Waals surface area contributed by atoms with E-state index >= 15 is 0 Å². The van der Waals surface area contributed by atoms with Crippen molar-refractivity contribution in [2.45, 2.75) is 36.6 Å². The van der Waals surface area contributed by atoms with E-state index in [0.29, 0.717) is 10.9 Å². The fourth-order valence-corrected chi connectivity index (χ4v) is 3.83. The van der Waals surface area contributed by atoms with Gasteiger partial charge in [-0.05, 0) is 51.4 Å². The number of para-hydroxylation sites is 1. The van der Waals surface area contributed by atoms with Gasteiger partial charge in [0, 0.05) is 18.8 Å². The Kier molecular flexibility index (Phi) is 5.05. The minimum atomic E-state index is -3.18. The predicted molar refractivity (Wildman–Crippen MR) is 83.1 cm³/mol. The van der Waals surface area contributed by atoms with Crippen molar-refractivity contribution in [2.24, 2.45) is 0 Å². The molecule has 1 saturated heterocycles. The van der Waals surface area contributed by atoms with Crippen molar-refractivity contribution in [3.8, 4) is 0 Å². The lowest BCUT2D eigenvalue weighted by Crippen LogP contribution is -2.41. The Labute approximate surface area is 122 Å². The molecule has 1 aromatic carbocycles. The Morgan fingerprint density at radius 1 is 1.30 bits per heavy atom. The Hall–Kier alpha value is -1.07. The van der Waals surface area contributed by atoms with Crippen molar-refractivity contribution >= 4 is 15.5 Å². The molecule has 1 fully saturated rings. The maximum atomic E-state index is 12.0. The first-order valence-electron chi connectivity index (χ1n) is 7.24. The molecule has 5 heteroatoms. The number of nitrogens with one attached hydrogen (secondary N) is 1. The van der Waals surface area contributed by atoms with Crippen LogP contribution < -0.4 is 10.2 Å². The fourth-order valence-electron chi connectivity index (χ4n) is 2.94. The van der Waals surface area contributed by atoms with Gasteiger partial charge >= 0.3 is 0 Å². The number of nitrogens with zero attached hydrogens (tertiary/aromatic N) is 1. The molecular weight excluding hydrogens is 272 g/mol. The molecule has 1 N–H and O–H groups in total.